The van der Waals surface area contributed by atoms with Gasteiger partial charge in [0.25, 0.3) is 0 Å². The Morgan fingerprint density at radius 1 is 1.42 bits per heavy atom. The molecule has 0 unspecified atom stereocenters. The van der Waals surface area contributed by atoms with Gasteiger partial charge in [-0.25, -0.2) is 9.78 Å². The lowest BCUT2D eigenvalue weighted by Gasteiger charge is -2.09. The van der Waals surface area contributed by atoms with Gasteiger partial charge in [0.1, 0.15) is 11.4 Å². The number of aromatic carboxylic acids is 1. The summed E-state index contributed by atoms with van der Waals surface area (Å²) in [7, 11) is 0. The van der Waals surface area contributed by atoms with Crippen LogP contribution in [0.3, 0.4) is 0 Å². The second kappa shape index (κ2) is 6.01. The Kier molecular flexibility index (Phi) is 4.36. The van der Waals surface area contributed by atoms with E-state index in [1.165, 1.54) is 12.3 Å². The Balaban J connectivity index is 1.84. The summed E-state index contributed by atoms with van der Waals surface area (Å²) in [4.78, 5) is 26.4. The number of carbonyl (C=O) groups is 2. The molecule has 1 heterocycles. The van der Waals surface area contributed by atoms with Crippen molar-refractivity contribution >= 4 is 33.6 Å². The zero-order valence-electron chi connectivity index (χ0n) is 10.1. The molecule has 0 aromatic carbocycles. The van der Waals surface area contributed by atoms with E-state index in [9.17, 15) is 9.59 Å². The smallest absolute Gasteiger partial charge is 0.339 e. The molecule has 0 atom stereocenters. The molecule has 2 rings (SSSR count). The average Bonchev–Trinajstić information content (AvgIpc) is 3.19. The first-order chi connectivity index (χ1) is 9.08. The van der Waals surface area contributed by atoms with Gasteiger partial charge >= 0.3 is 5.97 Å². The second-order valence-electron chi connectivity index (χ2n) is 4.35. The van der Waals surface area contributed by atoms with Crippen LogP contribution in [0.1, 0.15) is 23.2 Å². The van der Waals surface area contributed by atoms with Crippen LogP contribution in [0, 0.1) is 5.92 Å². The van der Waals surface area contributed by atoms with Crippen molar-refractivity contribution in [2.45, 2.75) is 12.8 Å². The largest absolute Gasteiger partial charge is 0.478 e. The Labute approximate surface area is 118 Å². The Morgan fingerprint density at radius 2 is 2.16 bits per heavy atom. The molecule has 1 aromatic heterocycles. The fourth-order valence-corrected chi connectivity index (χ4v) is 1.93. The molecule has 0 saturated heterocycles. The maximum absolute atomic E-state index is 11.4. The molecule has 0 spiro atoms. The van der Waals surface area contributed by atoms with Gasteiger partial charge in [-0.15, -0.1) is 0 Å². The predicted octanol–water partition coefficient (Wildman–Crippen LogP) is 1.48. The standard InChI is InChI=1S/C12H14BrN3O3/c13-8-5-9(12(18)19)10(16-6-8)14-3-4-15-11(17)7-1-2-7/h5-7H,1-4H2,(H,14,16)(H,15,17)(H,18,19). The molecule has 1 aliphatic rings. The van der Waals surface area contributed by atoms with Crippen molar-refractivity contribution in [3.63, 3.8) is 0 Å². The Hall–Kier alpha value is -1.63. The second-order valence-corrected chi connectivity index (χ2v) is 5.26. The highest BCUT2D eigenvalue weighted by Crippen LogP contribution is 2.28. The quantitative estimate of drug-likeness (QED) is 0.688. The lowest BCUT2D eigenvalue weighted by atomic mass is 10.2. The molecule has 1 fully saturated rings. The molecule has 1 amide bonds. The van der Waals surface area contributed by atoms with Crippen molar-refractivity contribution in [2.75, 3.05) is 18.4 Å². The molecule has 7 heteroatoms. The summed E-state index contributed by atoms with van der Waals surface area (Å²) in [6.45, 7) is 0.888. The van der Waals surface area contributed by atoms with Crippen molar-refractivity contribution in [3.05, 3.63) is 22.3 Å². The van der Waals surface area contributed by atoms with Crippen LogP contribution >= 0.6 is 15.9 Å². The molecule has 3 N–H and O–H groups in total. The summed E-state index contributed by atoms with van der Waals surface area (Å²) in [5, 5.41) is 14.7. The van der Waals surface area contributed by atoms with Crippen molar-refractivity contribution in [1.29, 1.82) is 0 Å². The van der Waals surface area contributed by atoms with Gasteiger partial charge in [0.05, 0.1) is 0 Å². The zero-order valence-corrected chi connectivity index (χ0v) is 11.7. The molecule has 1 aliphatic carbocycles. The fraction of sp³-hybridized carbons (Fsp3) is 0.417. The first-order valence-corrected chi connectivity index (χ1v) is 6.77. The first-order valence-electron chi connectivity index (χ1n) is 5.98. The van der Waals surface area contributed by atoms with E-state index >= 15 is 0 Å². The molecule has 6 nitrogen and oxygen atoms in total. The number of anilines is 1. The van der Waals surface area contributed by atoms with Crippen LogP contribution in [0.4, 0.5) is 5.82 Å². The van der Waals surface area contributed by atoms with E-state index in [2.05, 4.69) is 31.5 Å². The summed E-state index contributed by atoms with van der Waals surface area (Å²) in [6, 6.07) is 1.49. The van der Waals surface area contributed by atoms with Crippen molar-refractivity contribution in [3.8, 4) is 0 Å². The Bertz CT molecular complexity index is 503. The third-order valence-electron chi connectivity index (χ3n) is 2.75. The lowest BCUT2D eigenvalue weighted by molar-refractivity contribution is -0.122. The lowest BCUT2D eigenvalue weighted by Crippen LogP contribution is -2.30. The number of halogens is 1. The van der Waals surface area contributed by atoms with Crippen LogP contribution in [0.25, 0.3) is 0 Å². The monoisotopic (exact) mass is 327 g/mol. The van der Waals surface area contributed by atoms with Gasteiger partial charge in [-0.3, -0.25) is 4.79 Å². The number of aromatic nitrogens is 1. The normalized spacial score (nSPS) is 13.9. The van der Waals surface area contributed by atoms with Gasteiger partial charge in [-0.05, 0) is 34.8 Å². The van der Waals surface area contributed by atoms with Crippen LogP contribution in [-0.4, -0.2) is 35.1 Å². The maximum Gasteiger partial charge on any atom is 0.339 e. The van der Waals surface area contributed by atoms with Crippen LogP contribution in [0.15, 0.2) is 16.7 Å². The van der Waals surface area contributed by atoms with Gasteiger partial charge in [-0.1, -0.05) is 0 Å². The number of carboxylic acid groups (broad SMARTS) is 1. The van der Waals surface area contributed by atoms with E-state index in [0.717, 1.165) is 12.8 Å². The highest BCUT2D eigenvalue weighted by molar-refractivity contribution is 9.10. The van der Waals surface area contributed by atoms with E-state index in [4.69, 9.17) is 5.11 Å². The highest BCUT2D eigenvalue weighted by Gasteiger charge is 2.28. The van der Waals surface area contributed by atoms with Crippen molar-refractivity contribution in [1.82, 2.24) is 10.3 Å². The van der Waals surface area contributed by atoms with Crippen LogP contribution < -0.4 is 10.6 Å². The zero-order chi connectivity index (χ0) is 13.8. The molecule has 0 bridgehead atoms. The number of hydrogen-bond donors (Lipinski definition) is 3. The predicted molar refractivity (Wildman–Crippen MR) is 73.1 cm³/mol. The molecular weight excluding hydrogens is 314 g/mol. The molecule has 0 aliphatic heterocycles. The molecule has 1 saturated carbocycles. The highest BCUT2D eigenvalue weighted by atomic mass is 79.9. The average molecular weight is 328 g/mol. The van der Waals surface area contributed by atoms with E-state index in [1.54, 1.807) is 0 Å². The van der Waals surface area contributed by atoms with E-state index < -0.39 is 5.97 Å². The Morgan fingerprint density at radius 3 is 2.79 bits per heavy atom. The minimum atomic E-state index is -1.04. The van der Waals surface area contributed by atoms with E-state index in [-0.39, 0.29) is 17.4 Å². The fourth-order valence-electron chi connectivity index (χ4n) is 1.60. The summed E-state index contributed by atoms with van der Waals surface area (Å²) in [5.41, 5.74) is 0.0999. The number of hydrogen-bond acceptors (Lipinski definition) is 4. The van der Waals surface area contributed by atoms with Gasteiger partial charge in [-0.2, -0.15) is 0 Å². The number of carbonyl (C=O) groups excluding carboxylic acids is 1. The number of nitrogens with one attached hydrogen (secondary N) is 2. The van der Waals surface area contributed by atoms with Crippen molar-refractivity contribution in [2.24, 2.45) is 5.92 Å². The third kappa shape index (κ3) is 3.92. The van der Waals surface area contributed by atoms with Gasteiger partial charge in [0.2, 0.25) is 5.91 Å². The minimum Gasteiger partial charge on any atom is -0.478 e. The van der Waals surface area contributed by atoms with Gasteiger partial charge in [0, 0.05) is 29.7 Å². The van der Waals surface area contributed by atoms with Crippen molar-refractivity contribution < 1.29 is 14.7 Å². The summed E-state index contributed by atoms with van der Waals surface area (Å²) in [6.07, 6.45) is 3.46. The van der Waals surface area contributed by atoms with E-state index in [1.807, 2.05) is 0 Å². The SMILES string of the molecule is O=C(O)c1cc(Br)cnc1NCCNC(=O)C1CC1. The molecule has 102 valence electrons. The molecule has 0 radical (unpaired) electrons. The van der Waals surface area contributed by atoms with Gasteiger partial charge < -0.3 is 15.7 Å². The summed E-state index contributed by atoms with van der Waals surface area (Å²) in [5.74, 6) is -0.487. The number of nitrogens with zero attached hydrogens (tertiary/aromatic N) is 1. The summed E-state index contributed by atoms with van der Waals surface area (Å²) >= 11 is 3.18. The van der Waals surface area contributed by atoms with E-state index in [0.29, 0.717) is 23.4 Å². The molecule has 1 aromatic rings. The first kappa shape index (κ1) is 13.8. The van der Waals surface area contributed by atoms with Crippen LogP contribution in [0.5, 0.6) is 0 Å². The number of rotatable bonds is 6. The number of pyridine rings is 1. The van der Waals surface area contributed by atoms with Crippen LogP contribution in [-0.2, 0) is 4.79 Å². The number of carboxylic acids is 1. The third-order valence-corrected chi connectivity index (χ3v) is 3.18. The minimum absolute atomic E-state index is 0.0732. The molecule has 19 heavy (non-hydrogen) atoms. The number of amides is 1. The summed E-state index contributed by atoms with van der Waals surface area (Å²) < 4.78 is 0.609. The van der Waals surface area contributed by atoms with Crippen LogP contribution in [0.2, 0.25) is 0 Å². The maximum atomic E-state index is 11.4. The van der Waals surface area contributed by atoms with Gasteiger partial charge in [0.15, 0.2) is 0 Å². The topological polar surface area (TPSA) is 91.3 Å². The molecular formula is C12H14BrN3O3.